The SMILES string of the molecule is COc1c(-c2ccccc2)c(C(F)(F)F)nc2ccc(C(O)(c3ccc(C(F)(F)F)nc3)c3cncn3C)cc12. The number of methoxy groups -OCH3 is 1. The minimum absolute atomic E-state index is 0.0226. The van der Waals surface area contributed by atoms with E-state index in [2.05, 4.69) is 15.0 Å². The van der Waals surface area contributed by atoms with Crippen LogP contribution in [0.15, 0.2) is 79.4 Å². The summed E-state index contributed by atoms with van der Waals surface area (Å²) in [5.41, 5.74) is -4.28. The van der Waals surface area contributed by atoms with E-state index in [9.17, 15) is 31.4 Å². The molecule has 3 heterocycles. The smallest absolute Gasteiger partial charge is 0.434 e. The van der Waals surface area contributed by atoms with Crippen molar-refractivity contribution in [2.45, 2.75) is 18.0 Å². The molecular formula is C28H20F6N4O2. The van der Waals surface area contributed by atoms with Crippen LogP contribution in [0, 0.1) is 0 Å². The molecule has 5 aromatic rings. The Morgan fingerprint density at radius 2 is 1.55 bits per heavy atom. The number of pyridine rings is 2. The second-order valence-corrected chi connectivity index (χ2v) is 8.99. The van der Waals surface area contributed by atoms with E-state index in [1.165, 1.54) is 54.5 Å². The largest absolute Gasteiger partial charge is 0.495 e. The predicted molar refractivity (Wildman–Crippen MR) is 133 cm³/mol. The Kier molecular flexibility index (Phi) is 6.53. The first-order valence-electron chi connectivity index (χ1n) is 11.7. The fourth-order valence-corrected chi connectivity index (χ4v) is 4.69. The third-order valence-electron chi connectivity index (χ3n) is 6.55. The van der Waals surface area contributed by atoms with E-state index in [1.54, 1.807) is 25.2 Å². The molecule has 206 valence electrons. The van der Waals surface area contributed by atoms with Crippen molar-refractivity contribution >= 4 is 10.9 Å². The number of aryl methyl sites for hydroxylation is 1. The quantitative estimate of drug-likeness (QED) is 0.254. The Balaban J connectivity index is 1.81. The topological polar surface area (TPSA) is 73.1 Å². The highest BCUT2D eigenvalue weighted by Gasteiger charge is 2.41. The molecule has 0 fully saturated rings. The van der Waals surface area contributed by atoms with Gasteiger partial charge in [-0.2, -0.15) is 26.3 Å². The zero-order chi connectivity index (χ0) is 28.9. The van der Waals surface area contributed by atoms with E-state index in [4.69, 9.17) is 4.74 Å². The lowest BCUT2D eigenvalue weighted by Gasteiger charge is -2.30. The normalized spacial score (nSPS) is 13.8. The summed E-state index contributed by atoms with van der Waals surface area (Å²) in [6.07, 6.45) is -5.89. The molecule has 5 rings (SSSR count). The highest BCUT2D eigenvalue weighted by atomic mass is 19.4. The predicted octanol–water partition coefficient (Wildman–Crippen LogP) is 6.36. The summed E-state index contributed by atoms with van der Waals surface area (Å²) < 4.78 is 89.0. The summed E-state index contributed by atoms with van der Waals surface area (Å²) in [6, 6.07) is 13.7. The number of nitrogens with zero attached hydrogens (tertiary/aromatic N) is 4. The number of imidazole rings is 1. The van der Waals surface area contributed by atoms with E-state index in [1.807, 2.05) is 0 Å². The second-order valence-electron chi connectivity index (χ2n) is 8.99. The van der Waals surface area contributed by atoms with Crippen LogP contribution >= 0.6 is 0 Å². The van der Waals surface area contributed by atoms with Gasteiger partial charge in [-0.05, 0) is 29.3 Å². The first kappa shape index (κ1) is 27.1. The van der Waals surface area contributed by atoms with Gasteiger partial charge >= 0.3 is 12.4 Å². The Bertz CT molecular complexity index is 1680. The third kappa shape index (κ3) is 4.53. The molecule has 0 radical (unpaired) electrons. The number of hydrogen-bond acceptors (Lipinski definition) is 5. The summed E-state index contributed by atoms with van der Waals surface area (Å²) in [4.78, 5) is 11.4. The minimum Gasteiger partial charge on any atom is -0.495 e. The van der Waals surface area contributed by atoms with Crippen molar-refractivity contribution in [3.8, 4) is 16.9 Å². The molecule has 0 aliphatic heterocycles. The van der Waals surface area contributed by atoms with Gasteiger partial charge in [0.25, 0.3) is 0 Å². The molecule has 0 aliphatic rings. The summed E-state index contributed by atoms with van der Waals surface area (Å²) in [5.74, 6) is -0.136. The fraction of sp³-hybridized carbons (Fsp3) is 0.179. The summed E-state index contributed by atoms with van der Waals surface area (Å²) in [7, 11) is 2.80. The van der Waals surface area contributed by atoms with Crippen LogP contribution < -0.4 is 4.74 Å². The zero-order valence-electron chi connectivity index (χ0n) is 20.9. The standard InChI is InChI=1S/C28H20F6N4O2/c1-38-15-35-14-22(38)26(39,18-9-11-21(36-13-18)27(29,30)31)17-8-10-20-19(12-17)24(40-2)23(16-6-4-3-5-7-16)25(37-20)28(32,33)34/h3-15,39H,1-2H3. The van der Waals surface area contributed by atoms with Crippen LogP contribution in [0.25, 0.3) is 22.0 Å². The monoisotopic (exact) mass is 558 g/mol. The molecule has 0 bridgehead atoms. The van der Waals surface area contributed by atoms with E-state index in [0.29, 0.717) is 0 Å². The molecule has 3 aromatic heterocycles. The second kappa shape index (κ2) is 9.63. The number of rotatable bonds is 5. The molecule has 1 N–H and O–H groups in total. The van der Waals surface area contributed by atoms with E-state index in [-0.39, 0.29) is 44.6 Å². The molecule has 0 saturated carbocycles. The molecule has 0 amide bonds. The molecule has 12 heteroatoms. The number of aliphatic hydroxyl groups is 1. The zero-order valence-corrected chi connectivity index (χ0v) is 20.9. The van der Waals surface area contributed by atoms with Crippen LogP contribution in [-0.2, 0) is 25.0 Å². The first-order valence-corrected chi connectivity index (χ1v) is 11.7. The Morgan fingerprint density at radius 3 is 2.10 bits per heavy atom. The highest BCUT2D eigenvalue weighted by molar-refractivity contribution is 5.94. The number of alkyl halides is 6. The van der Waals surface area contributed by atoms with Gasteiger partial charge < -0.3 is 14.4 Å². The molecule has 1 atom stereocenters. The number of aromatic nitrogens is 4. The average molecular weight is 558 g/mol. The van der Waals surface area contributed by atoms with E-state index >= 15 is 0 Å². The number of hydrogen-bond donors (Lipinski definition) is 1. The van der Waals surface area contributed by atoms with Gasteiger partial charge in [-0.25, -0.2) is 9.97 Å². The van der Waals surface area contributed by atoms with Gasteiger partial charge in [-0.3, -0.25) is 4.98 Å². The lowest BCUT2D eigenvalue weighted by molar-refractivity contribution is -0.141. The highest BCUT2D eigenvalue weighted by Crippen LogP contribution is 2.46. The van der Waals surface area contributed by atoms with Gasteiger partial charge in [0, 0.05) is 24.2 Å². The molecule has 0 saturated heterocycles. The maximum atomic E-state index is 14.2. The van der Waals surface area contributed by atoms with Gasteiger partial charge in [0.1, 0.15) is 11.4 Å². The van der Waals surface area contributed by atoms with Crippen LogP contribution in [0.3, 0.4) is 0 Å². The van der Waals surface area contributed by atoms with Crippen LogP contribution in [-0.4, -0.2) is 31.7 Å². The van der Waals surface area contributed by atoms with E-state index in [0.717, 1.165) is 18.3 Å². The van der Waals surface area contributed by atoms with Crippen LogP contribution in [0.2, 0.25) is 0 Å². The Hall–Kier alpha value is -4.45. The van der Waals surface area contributed by atoms with Gasteiger partial charge in [0.15, 0.2) is 11.3 Å². The number of ether oxygens (including phenoxy) is 1. The summed E-state index contributed by atoms with van der Waals surface area (Å²) in [5, 5.41) is 12.3. The molecule has 40 heavy (non-hydrogen) atoms. The Morgan fingerprint density at radius 1 is 0.850 bits per heavy atom. The minimum atomic E-state index is -4.81. The molecule has 1 unspecified atom stereocenters. The van der Waals surface area contributed by atoms with Crippen molar-refractivity contribution < 1.29 is 36.2 Å². The third-order valence-corrected chi connectivity index (χ3v) is 6.55. The molecule has 0 spiro atoms. The lowest BCUT2D eigenvalue weighted by Crippen LogP contribution is -2.31. The number of fused-ring (bicyclic) bond motifs is 1. The van der Waals surface area contributed by atoms with Crippen LogP contribution in [0.5, 0.6) is 5.75 Å². The van der Waals surface area contributed by atoms with E-state index < -0.39 is 29.3 Å². The average Bonchev–Trinajstić information content (AvgIpc) is 3.37. The molecular weight excluding hydrogens is 538 g/mol. The Labute approximate surface area is 223 Å². The van der Waals surface area contributed by atoms with Crippen LogP contribution in [0.1, 0.15) is 28.2 Å². The van der Waals surface area contributed by atoms with Crippen molar-refractivity contribution in [1.82, 2.24) is 19.5 Å². The number of benzene rings is 2. The lowest BCUT2D eigenvalue weighted by atomic mass is 9.83. The van der Waals surface area contributed by atoms with Crippen LogP contribution in [0.4, 0.5) is 26.3 Å². The van der Waals surface area contributed by atoms with Crippen molar-refractivity contribution in [3.05, 3.63) is 108 Å². The van der Waals surface area contributed by atoms with Gasteiger partial charge in [-0.1, -0.05) is 42.5 Å². The van der Waals surface area contributed by atoms with Crippen molar-refractivity contribution in [2.24, 2.45) is 7.05 Å². The van der Waals surface area contributed by atoms with Crippen molar-refractivity contribution in [2.75, 3.05) is 7.11 Å². The molecule has 6 nitrogen and oxygen atoms in total. The maximum absolute atomic E-state index is 14.2. The number of halogens is 6. The van der Waals surface area contributed by atoms with Gasteiger partial charge in [0.05, 0.1) is 36.4 Å². The maximum Gasteiger partial charge on any atom is 0.434 e. The first-order chi connectivity index (χ1) is 18.9. The van der Waals surface area contributed by atoms with Gasteiger partial charge in [0.2, 0.25) is 0 Å². The summed E-state index contributed by atoms with van der Waals surface area (Å²) in [6.45, 7) is 0. The molecule has 0 aliphatic carbocycles. The fourth-order valence-electron chi connectivity index (χ4n) is 4.69. The van der Waals surface area contributed by atoms with Crippen molar-refractivity contribution in [3.63, 3.8) is 0 Å². The summed E-state index contributed by atoms with van der Waals surface area (Å²) >= 11 is 0. The van der Waals surface area contributed by atoms with Gasteiger partial charge in [-0.15, -0.1) is 0 Å². The molecule has 2 aromatic carbocycles. The van der Waals surface area contributed by atoms with Crippen molar-refractivity contribution in [1.29, 1.82) is 0 Å².